The molecule has 0 aliphatic carbocycles. The largest absolute Gasteiger partial charge is 0.486 e. The molecule has 2 aliphatic heterocycles. The lowest BCUT2D eigenvalue weighted by Crippen LogP contribution is -2.35. The average molecular weight is 443 g/mol. The molecular weight excluding hydrogens is 420 g/mol. The van der Waals surface area contributed by atoms with Crippen molar-refractivity contribution >= 4 is 33.7 Å². The summed E-state index contributed by atoms with van der Waals surface area (Å²) < 4.78 is 11.2. The molecule has 2 aliphatic rings. The molecule has 0 spiro atoms. The molecule has 0 atom stereocenters. The van der Waals surface area contributed by atoms with Gasteiger partial charge < -0.3 is 19.3 Å². The summed E-state index contributed by atoms with van der Waals surface area (Å²) in [7, 11) is 0. The van der Waals surface area contributed by atoms with E-state index in [-0.39, 0.29) is 5.91 Å². The van der Waals surface area contributed by atoms with Crippen molar-refractivity contribution in [1.29, 1.82) is 0 Å². The minimum Gasteiger partial charge on any atom is -0.486 e. The quantitative estimate of drug-likeness (QED) is 0.616. The zero-order valence-electron chi connectivity index (χ0n) is 16.7. The molecule has 3 aromatic rings. The number of aryl methyl sites for hydroxylation is 1. The maximum Gasteiger partial charge on any atom is 0.273 e. The number of anilines is 1. The molecule has 7 nitrogen and oxygen atoms in total. The van der Waals surface area contributed by atoms with Gasteiger partial charge in [0.25, 0.3) is 5.91 Å². The molecule has 4 heterocycles. The molecule has 0 unspecified atom stereocenters. The van der Waals surface area contributed by atoms with E-state index in [1.165, 1.54) is 11.3 Å². The van der Waals surface area contributed by atoms with E-state index in [0.29, 0.717) is 25.5 Å². The van der Waals surface area contributed by atoms with Crippen molar-refractivity contribution in [2.45, 2.75) is 13.3 Å². The van der Waals surface area contributed by atoms with E-state index in [1.54, 1.807) is 11.3 Å². The zero-order chi connectivity index (χ0) is 20.5. The van der Waals surface area contributed by atoms with Crippen LogP contribution in [0, 0.1) is 6.92 Å². The number of benzene rings is 1. The van der Waals surface area contributed by atoms with Gasteiger partial charge in [0.2, 0.25) is 0 Å². The maximum atomic E-state index is 13.1. The SMILES string of the molecule is Cc1csc(N2CCCN(C(=O)c3csc(-c4ccc5c(c4)OCCO5)n3)CC2)n1. The third kappa shape index (κ3) is 3.87. The molecule has 0 bridgehead atoms. The highest BCUT2D eigenvalue weighted by molar-refractivity contribution is 7.13. The second-order valence-electron chi connectivity index (χ2n) is 7.30. The van der Waals surface area contributed by atoms with Gasteiger partial charge in [-0.25, -0.2) is 9.97 Å². The number of carbonyl (C=O) groups is 1. The van der Waals surface area contributed by atoms with E-state index in [2.05, 4.69) is 20.2 Å². The molecule has 0 N–H and O–H groups in total. The normalized spacial score (nSPS) is 16.4. The summed E-state index contributed by atoms with van der Waals surface area (Å²) in [6.45, 7) is 6.23. The second kappa shape index (κ2) is 8.23. The van der Waals surface area contributed by atoms with Crippen molar-refractivity contribution < 1.29 is 14.3 Å². The molecule has 30 heavy (non-hydrogen) atoms. The smallest absolute Gasteiger partial charge is 0.273 e. The van der Waals surface area contributed by atoms with Gasteiger partial charge in [0.15, 0.2) is 16.6 Å². The van der Waals surface area contributed by atoms with Crippen LogP contribution in [0.25, 0.3) is 10.6 Å². The van der Waals surface area contributed by atoms with E-state index in [1.807, 2.05) is 35.4 Å². The van der Waals surface area contributed by atoms with Crippen LogP contribution in [0.15, 0.2) is 29.0 Å². The van der Waals surface area contributed by atoms with Crippen LogP contribution in [-0.2, 0) is 0 Å². The van der Waals surface area contributed by atoms with Gasteiger partial charge in [-0.2, -0.15) is 0 Å². The van der Waals surface area contributed by atoms with Gasteiger partial charge in [-0.05, 0) is 31.5 Å². The Balaban J connectivity index is 1.28. The number of thiazole rings is 2. The zero-order valence-corrected chi connectivity index (χ0v) is 18.3. The summed E-state index contributed by atoms with van der Waals surface area (Å²) in [5, 5.41) is 5.76. The molecule has 1 saturated heterocycles. The van der Waals surface area contributed by atoms with E-state index in [9.17, 15) is 4.79 Å². The molecule has 0 saturated carbocycles. The summed E-state index contributed by atoms with van der Waals surface area (Å²) >= 11 is 3.14. The van der Waals surface area contributed by atoms with Crippen molar-refractivity contribution in [3.05, 3.63) is 40.3 Å². The summed E-state index contributed by atoms with van der Waals surface area (Å²) in [6.07, 6.45) is 0.920. The third-order valence-electron chi connectivity index (χ3n) is 5.17. The molecular formula is C21H22N4O3S2. The number of rotatable bonds is 3. The standard InChI is InChI=1S/C21H22N4O3S2/c1-14-12-30-21(22-14)25-6-2-5-24(7-8-25)20(26)16-13-29-19(23-16)15-3-4-17-18(11-15)28-10-9-27-17/h3-4,11-13H,2,5-10H2,1H3. The van der Waals surface area contributed by atoms with E-state index in [4.69, 9.17) is 9.47 Å². The average Bonchev–Trinajstić information content (AvgIpc) is 3.36. The Morgan fingerprint density at radius 2 is 1.87 bits per heavy atom. The first-order valence-electron chi connectivity index (χ1n) is 9.99. The molecule has 9 heteroatoms. The lowest BCUT2D eigenvalue weighted by molar-refractivity contribution is 0.0762. The maximum absolute atomic E-state index is 13.1. The van der Waals surface area contributed by atoms with Crippen LogP contribution in [0.5, 0.6) is 11.5 Å². The van der Waals surface area contributed by atoms with Crippen LogP contribution in [-0.4, -0.2) is 60.2 Å². The minimum atomic E-state index is -0.00721. The number of ether oxygens (including phenoxy) is 2. The Hall–Kier alpha value is -2.65. The van der Waals surface area contributed by atoms with Gasteiger partial charge in [0, 0.05) is 42.5 Å². The first-order valence-corrected chi connectivity index (χ1v) is 11.8. The van der Waals surface area contributed by atoms with Gasteiger partial charge in [-0.15, -0.1) is 22.7 Å². The fourth-order valence-corrected chi connectivity index (χ4v) is 5.29. The molecule has 5 rings (SSSR count). The lowest BCUT2D eigenvalue weighted by atomic mass is 10.2. The highest BCUT2D eigenvalue weighted by atomic mass is 32.1. The summed E-state index contributed by atoms with van der Waals surface area (Å²) in [5.41, 5.74) is 2.48. The van der Waals surface area contributed by atoms with Crippen LogP contribution in [0.2, 0.25) is 0 Å². The fourth-order valence-electron chi connectivity index (χ4n) is 3.64. The van der Waals surface area contributed by atoms with Crippen molar-refractivity contribution in [3.63, 3.8) is 0 Å². The lowest BCUT2D eigenvalue weighted by Gasteiger charge is -2.21. The van der Waals surface area contributed by atoms with Crippen LogP contribution in [0.4, 0.5) is 5.13 Å². The van der Waals surface area contributed by atoms with E-state index >= 15 is 0 Å². The van der Waals surface area contributed by atoms with Crippen molar-refractivity contribution in [2.75, 3.05) is 44.3 Å². The van der Waals surface area contributed by atoms with Gasteiger partial charge in [0.1, 0.15) is 23.9 Å². The monoisotopic (exact) mass is 442 g/mol. The second-order valence-corrected chi connectivity index (χ2v) is 9.00. The highest BCUT2D eigenvalue weighted by Crippen LogP contribution is 2.35. The van der Waals surface area contributed by atoms with E-state index < -0.39 is 0 Å². The number of hydrogen-bond donors (Lipinski definition) is 0. The molecule has 2 aromatic heterocycles. The minimum absolute atomic E-state index is 0.00721. The number of amides is 1. The Bertz CT molecular complexity index is 1060. The van der Waals surface area contributed by atoms with Crippen LogP contribution in [0.3, 0.4) is 0 Å². The topological polar surface area (TPSA) is 67.8 Å². The number of fused-ring (bicyclic) bond motifs is 1. The predicted molar refractivity (Wildman–Crippen MR) is 118 cm³/mol. The van der Waals surface area contributed by atoms with Crippen molar-refractivity contribution in [2.24, 2.45) is 0 Å². The molecule has 156 valence electrons. The van der Waals surface area contributed by atoms with Crippen molar-refractivity contribution in [3.8, 4) is 22.1 Å². The Kier molecular flexibility index (Phi) is 5.30. The summed E-state index contributed by atoms with van der Waals surface area (Å²) in [4.78, 5) is 26.5. The first-order chi connectivity index (χ1) is 14.7. The van der Waals surface area contributed by atoms with Crippen LogP contribution in [0.1, 0.15) is 22.6 Å². The number of carbonyl (C=O) groups excluding carboxylic acids is 1. The number of nitrogens with zero attached hydrogens (tertiary/aromatic N) is 4. The van der Waals surface area contributed by atoms with Crippen LogP contribution < -0.4 is 14.4 Å². The molecule has 0 radical (unpaired) electrons. The molecule has 1 amide bonds. The van der Waals surface area contributed by atoms with E-state index in [0.717, 1.165) is 59.0 Å². The predicted octanol–water partition coefficient (Wildman–Crippen LogP) is 3.70. The van der Waals surface area contributed by atoms with Crippen molar-refractivity contribution in [1.82, 2.24) is 14.9 Å². The molecule has 1 fully saturated rings. The fraction of sp³-hybridized carbons (Fsp3) is 0.381. The summed E-state index contributed by atoms with van der Waals surface area (Å²) in [5.74, 6) is 1.47. The number of hydrogen-bond acceptors (Lipinski definition) is 8. The first kappa shape index (κ1) is 19.3. The number of aromatic nitrogens is 2. The van der Waals surface area contributed by atoms with Gasteiger partial charge in [-0.1, -0.05) is 0 Å². The Morgan fingerprint density at radius 3 is 2.70 bits per heavy atom. The third-order valence-corrected chi connectivity index (χ3v) is 7.08. The summed E-state index contributed by atoms with van der Waals surface area (Å²) in [6, 6.07) is 5.79. The Labute approximate surface area is 182 Å². The Morgan fingerprint density at radius 1 is 1.00 bits per heavy atom. The molecule has 1 aromatic carbocycles. The van der Waals surface area contributed by atoms with Gasteiger partial charge >= 0.3 is 0 Å². The van der Waals surface area contributed by atoms with Crippen LogP contribution >= 0.6 is 22.7 Å². The highest BCUT2D eigenvalue weighted by Gasteiger charge is 2.24. The van der Waals surface area contributed by atoms with Gasteiger partial charge in [0.05, 0.1) is 5.69 Å². The van der Waals surface area contributed by atoms with Gasteiger partial charge in [-0.3, -0.25) is 4.79 Å².